The highest BCUT2D eigenvalue weighted by Gasteiger charge is 2.34. The monoisotopic (exact) mass is 500 g/mol. The number of hydrogen-bond donors (Lipinski definition) is 0. The molecule has 0 bridgehead atoms. The van der Waals surface area contributed by atoms with Crippen molar-refractivity contribution < 1.29 is 17.9 Å². The van der Waals surface area contributed by atoms with E-state index in [4.69, 9.17) is 14.5 Å². The highest BCUT2D eigenvalue weighted by molar-refractivity contribution is 7.92. The summed E-state index contributed by atoms with van der Waals surface area (Å²) in [5, 5.41) is 2.68. The Hall–Kier alpha value is -2.58. The molecule has 3 aromatic rings. The molecule has 182 valence electrons. The van der Waals surface area contributed by atoms with Crippen LogP contribution in [0.15, 0.2) is 40.6 Å². The molecule has 34 heavy (non-hydrogen) atoms. The largest absolute Gasteiger partial charge is 0.493 e. The van der Waals surface area contributed by atoms with E-state index >= 15 is 0 Å². The molecule has 0 saturated carbocycles. The molecule has 2 heterocycles. The van der Waals surface area contributed by atoms with Crippen LogP contribution >= 0.6 is 11.3 Å². The molecule has 6 nitrogen and oxygen atoms in total. The number of anilines is 1. The minimum Gasteiger partial charge on any atom is -0.493 e. The predicted octanol–water partition coefficient (Wildman–Crippen LogP) is 5.12. The van der Waals surface area contributed by atoms with Gasteiger partial charge in [-0.1, -0.05) is 23.8 Å². The summed E-state index contributed by atoms with van der Waals surface area (Å²) in [6.07, 6.45) is 1.92. The molecule has 4 rings (SSSR count). The van der Waals surface area contributed by atoms with Crippen molar-refractivity contribution in [1.82, 2.24) is 4.98 Å². The molecule has 1 saturated heterocycles. The summed E-state index contributed by atoms with van der Waals surface area (Å²) in [5.41, 5.74) is 4.88. The number of aromatic nitrogens is 1. The Labute approximate surface area is 206 Å². The van der Waals surface area contributed by atoms with Gasteiger partial charge in [0.25, 0.3) is 0 Å². The minimum absolute atomic E-state index is 0.352. The van der Waals surface area contributed by atoms with Gasteiger partial charge in [-0.15, -0.1) is 11.3 Å². The summed E-state index contributed by atoms with van der Waals surface area (Å²) in [6.45, 7) is 7.19. The molecule has 1 aliphatic rings. The molecule has 2 aromatic carbocycles. The zero-order valence-electron chi connectivity index (χ0n) is 20.4. The van der Waals surface area contributed by atoms with Gasteiger partial charge in [-0.05, 0) is 62.4 Å². The number of thiazole rings is 1. The Morgan fingerprint density at radius 3 is 2.26 bits per heavy atom. The van der Waals surface area contributed by atoms with Crippen molar-refractivity contribution in [3.63, 3.8) is 0 Å². The van der Waals surface area contributed by atoms with Crippen LogP contribution in [0.3, 0.4) is 0 Å². The van der Waals surface area contributed by atoms with Crippen LogP contribution in [0.5, 0.6) is 11.5 Å². The predicted molar refractivity (Wildman–Crippen MR) is 138 cm³/mol. The summed E-state index contributed by atoms with van der Waals surface area (Å²) < 4.78 is 37.6. The standard InChI is InChI=1S/C26H32N2O4S2/c1-17-12-18(2)25(19(3)13-17)34(29,30)22-8-10-28(11-9-22)26-27-21(16-33-26)14-20-6-7-23(31-4)24(15-20)32-5/h6-7,12-13,15-16,22H,8-11,14H2,1-5H3. The third kappa shape index (κ3) is 4.93. The van der Waals surface area contributed by atoms with Crippen LogP contribution in [0, 0.1) is 20.8 Å². The number of ether oxygens (including phenoxy) is 2. The molecule has 0 amide bonds. The number of rotatable bonds is 7. The number of piperidine rings is 1. The van der Waals surface area contributed by atoms with Crippen LogP contribution in [0.1, 0.15) is 40.8 Å². The van der Waals surface area contributed by atoms with Crippen molar-refractivity contribution in [3.8, 4) is 11.5 Å². The van der Waals surface area contributed by atoms with Crippen LogP contribution in [-0.4, -0.2) is 46.0 Å². The van der Waals surface area contributed by atoms with Crippen molar-refractivity contribution in [3.05, 3.63) is 63.7 Å². The summed E-state index contributed by atoms with van der Waals surface area (Å²) in [6, 6.07) is 9.83. The molecule has 1 aliphatic heterocycles. The summed E-state index contributed by atoms with van der Waals surface area (Å²) in [4.78, 5) is 7.56. The minimum atomic E-state index is -3.36. The average Bonchev–Trinajstić information content (AvgIpc) is 3.26. The lowest BCUT2D eigenvalue weighted by Crippen LogP contribution is -2.39. The van der Waals surface area contributed by atoms with E-state index in [1.165, 1.54) is 0 Å². The van der Waals surface area contributed by atoms with Crippen LogP contribution in [-0.2, 0) is 16.3 Å². The van der Waals surface area contributed by atoms with E-state index in [9.17, 15) is 8.42 Å². The topological polar surface area (TPSA) is 68.7 Å². The fourth-order valence-corrected chi connectivity index (χ4v) is 7.92. The number of hydrogen-bond acceptors (Lipinski definition) is 7. The van der Waals surface area contributed by atoms with Gasteiger partial charge in [-0.3, -0.25) is 0 Å². The van der Waals surface area contributed by atoms with Gasteiger partial charge in [-0.2, -0.15) is 0 Å². The number of methoxy groups -OCH3 is 2. The van der Waals surface area contributed by atoms with Gasteiger partial charge < -0.3 is 14.4 Å². The molecular weight excluding hydrogens is 468 g/mol. The molecule has 0 unspecified atom stereocenters. The highest BCUT2D eigenvalue weighted by Crippen LogP contribution is 2.33. The van der Waals surface area contributed by atoms with Crippen LogP contribution in [0.25, 0.3) is 0 Å². The third-order valence-corrected chi connectivity index (χ3v) is 9.93. The first-order chi connectivity index (χ1) is 16.2. The second kappa shape index (κ2) is 9.96. The van der Waals surface area contributed by atoms with Gasteiger partial charge in [0.2, 0.25) is 0 Å². The Morgan fingerprint density at radius 1 is 1.00 bits per heavy atom. The number of aryl methyl sites for hydroxylation is 3. The lowest BCUT2D eigenvalue weighted by atomic mass is 10.1. The van der Waals surface area contributed by atoms with Crippen molar-refractivity contribution in [2.75, 3.05) is 32.2 Å². The maximum Gasteiger partial charge on any atom is 0.185 e. The van der Waals surface area contributed by atoms with Gasteiger partial charge in [0.15, 0.2) is 26.5 Å². The molecule has 0 radical (unpaired) electrons. The number of benzene rings is 2. The molecular formula is C26H32N2O4S2. The molecule has 0 spiro atoms. The smallest absolute Gasteiger partial charge is 0.185 e. The van der Waals surface area contributed by atoms with Crippen molar-refractivity contribution >= 4 is 26.3 Å². The number of sulfone groups is 1. The molecule has 1 fully saturated rings. The third-order valence-electron chi connectivity index (χ3n) is 6.41. The second-order valence-corrected chi connectivity index (χ2v) is 11.9. The molecule has 8 heteroatoms. The van der Waals surface area contributed by atoms with E-state index in [1.807, 2.05) is 51.1 Å². The van der Waals surface area contributed by atoms with E-state index in [2.05, 4.69) is 10.3 Å². The van der Waals surface area contributed by atoms with E-state index in [0.717, 1.165) is 33.1 Å². The van der Waals surface area contributed by atoms with E-state index < -0.39 is 9.84 Å². The van der Waals surface area contributed by atoms with Crippen molar-refractivity contribution in [2.24, 2.45) is 0 Å². The van der Waals surface area contributed by atoms with Crippen molar-refractivity contribution in [2.45, 2.75) is 50.2 Å². The van der Waals surface area contributed by atoms with Crippen LogP contribution < -0.4 is 14.4 Å². The first kappa shape index (κ1) is 24.5. The summed E-state index contributed by atoms with van der Waals surface area (Å²) in [7, 11) is -0.0999. The first-order valence-corrected chi connectivity index (χ1v) is 13.9. The lowest BCUT2D eigenvalue weighted by molar-refractivity contribution is 0.354. The van der Waals surface area contributed by atoms with Gasteiger partial charge in [0.05, 0.1) is 30.1 Å². The summed E-state index contributed by atoms with van der Waals surface area (Å²) in [5.74, 6) is 1.41. The Bertz CT molecular complexity index is 1250. The fraction of sp³-hybridized carbons (Fsp3) is 0.423. The zero-order chi connectivity index (χ0) is 24.5. The maximum absolute atomic E-state index is 13.4. The maximum atomic E-state index is 13.4. The summed E-state index contributed by atoms with van der Waals surface area (Å²) >= 11 is 1.61. The highest BCUT2D eigenvalue weighted by atomic mass is 32.2. The molecule has 1 aromatic heterocycles. The Balaban J connectivity index is 1.43. The van der Waals surface area contributed by atoms with E-state index in [0.29, 0.717) is 48.7 Å². The van der Waals surface area contributed by atoms with Gasteiger partial charge in [-0.25, -0.2) is 13.4 Å². The number of nitrogens with zero attached hydrogens (tertiary/aromatic N) is 2. The van der Waals surface area contributed by atoms with Crippen LogP contribution in [0.2, 0.25) is 0 Å². The SMILES string of the molecule is COc1ccc(Cc2csc(N3CCC(S(=O)(=O)c4c(C)cc(C)cc4C)CC3)n2)cc1OC. The Kier molecular flexibility index (Phi) is 7.19. The molecule has 0 N–H and O–H groups in total. The van der Waals surface area contributed by atoms with Gasteiger partial charge >= 0.3 is 0 Å². The first-order valence-electron chi connectivity index (χ1n) is 11.4. The zero-order valence-corrected chi connectivity index (χ0v) is 22.1. The quantitative estimate of drug-likeness (QED) is 0.449. The van der Waals surface area contributed by atoms with Gasteiger partial charge in [0.1, 0.15) is 0 Å². The second-order valence-electron chi connectivity index (χ2n) is 8.95. The van der Waals surface area contributed by atoms with E-state index in [1.54, 1.807) is 25.6 Å². The normalized spacial score (nSPS) is 14.9. The molecule has 0 atom stereocenters. The average molecular weight is 501 g/mol. The fourth-order valence-electron chi connectivity index (χ4n) is 4.86. The lowest BCUT2D eigenvalue weighted by Gasteiger charge is -2.32. The van der Waals surface area contributed by atoms with Crippen molar-refractivity contribution in [1.29, 1.82) is 0 Å². The van der Waals surface area contributed by atoms with Gasteiger partial charge in [0, 0.05) is 24.9 Å². The van der Waals surface area contributed by atoms with E-state index in [-0.39, 0.29) is 5.25 Å². The Morgan fingerprint density at radius 2 is 1.65 bits per heavy atom. The van der Waals surface area contributed by atoms with Crippen LogP contribution in [0.4, 0.5) is 5.13 Å². The molecule has 0 aliphatic carbocycles.